The number of H-pyrrole nitrogens is 1. The maximum atomic E-state index is 4.85. The number of rotatable bonds is 10. The van der Waals surface area contributed by atoms with Gasteiger partial charge in [0, 0.05) is 18.4 Å². The summed E-state index contributed by atoms with van der Waals surface area (Å²) >= 11 is 0. The Kier molecular flexibility index (Phi) is 7.17. The van der Waals surface area contributed by atoms with Crippen molar-refractivity contribution in [2.75, 3.05) is 0 Å². The molecule has 2 aromatic carbocycles. The molecular formula is C25H29N7. The van der Waals surface area contributed by atoms with Crippen LogP contribution in [-0.4, -0.2) is 35.4 Å². The summed E-state index contributed by atoms with van der Waals surface area (Å²) in [7, 11) is 0. The van der Waals surface area contributed by atoms with Crippen LogP contribution in [0.5, 0.6) is 0 Å². The van der Waals surface area contributed by atoms with E-state index in [0.29, 0.717) is 5.82 Å². The van der Waals surface area contributed by atoms with Gasteiger partial charge in [-0.05, 0) is 40.5 Å². The predicted octanol–water partition coefficient (Wildman–Crippen LogP) is 5.02. The molecule has 0 aliphatic rings. The Balaban J connectivity index is 1.54. The van der Waals surface area contributed by atoms with Crippen molar-refractivity contribution >= 4 is 0 Å². The molecule has 1 N–H and O–H groups in total. The Labute approximate surface area is 188 Å². The summed E-state index contributed by atoms with van der Waals surface area (Å²) in [6, 6.07) is 16.7. The third-order valence-electron chi connectivity index (χ3n) is 5.46. The summed E-state index contributed by atoms with van der Waals surface area (Å²) < 4.78 is 2.03. The first-order chi connectivity index (χ1) is 15.8. The van der Waals surface area contributed by atoms with Gasteiger partial charge in [-0.2, -0.15) is 5.10 Å². The lowest BCUT2D eigenvalue weighted by atomic mass is 9.98. The Morgan fingerprint density at radius 2 is 1.81 bits per heavy atom. The molecule has 0 radical (unpaired) electrons. The summed E-state index contributed by atoms with van der Waals surface area (Å²) in [5, 5.41) is 19.1. The molecule has 0 saturated carbocycles. The average Bonchev–Trinajstić information content (AvgIpc) is 3.49. The summed E-state index contributed by atoms with van der Waals surface area (Å²) in [6.07, 6.45) is 9.42. The fourth-order valence-corrected chi connectivity index (χ4v) is 3.75. The normalized spacial score (nSPS) is 11.4. The third kappa shape index (κ3) is 5.17. The van der Waals surface area contributed by atoms with E-state index in [1.54, 1.807) is 0 Å². The number of tetrazole rings is 1. The molecule has 0 fully saturated rings. The second-order valence-corrected chi connectivity index (χ2v) is 7.82. The minimum atomic E-state index is 0.664. The Morgan fingerprint density at radius 1 is 1.00 bits per heavy atom. The van der Waals surface area contributed by atoms with Crippen LogP contribution in [0, 0.1) is 0 Å². The molecule has 7 nitrogen and oxygen atoms in total. The molecule has 0 saturated heterocycles. The van der Waals surface area contributed by atoms with E-state index >= 15 is 0 Å². The first kappa shape index (κ1) is 21.6. The zero-order valence-corrected chi connectivity index (χ0v) is 18.7. The number of nitrogens with zero attached hydrogens (tertiary/aromatic N) is 6. The molecule has 4 rings (SSSR count). The summed E-state index contributed by atoms with van der Waals surface area (Å²) in [6.45, 7) is 5.00. The number of nitrogens with one attached hydrogen (secondary N) is 1. The lowest BCUT2D eigenvalue weighted by molar-refractivity contribution is 0.640. The minimum absolute atomic E-state index is 0.664. The van der Waals surface area contributed by atoms with Crippen LogP contribution in [0.25, 0.3) is 22.5 Å². The average molecular weight is 428 g/mol. The van der Waals surface area contributed by atoms with Gasteiger partial charge in [-0.15, -0.1) is 5.10 Å². The molecule has 0 aliphatic heterocycles. The Bertz CT molecular complexity index is 1140. The van der Waals surface area contributed by atoms with Crippen molar-refractivity contribution in [1.29, 1.82) is 0 Å². The van der Waals surface area contributed by atoms with Gasteiger partial charge in [0.2, 0.25) is 0 Å². The second kappa shape index (κ2) is 10.6. The molecule has 2 heterocycles. The largest absolute Gasteiger partial charge is 0.246 e. The molecule has 0 aliphatic carbocycles. The van der Waals surface area contributed by atoms with E-state index in [2.05, 4.69) is 70.0 Å². The number of allylic oxidation sites excluding steroid dienone is 2. The van der Waals surface area contributed by atoms with Crippen LogP contribution in [0.3, 0.4) is 0 Å². The fraction of sp³-hybridized carbons (Fsp3) is 0.320. The van der Waals surface area contributed by atoms with E-state index in [1.165, 1.54) is 18.4 Å². The van der Waals surface area contributed by atoms with E-state index in [1.807, 2.05) is 29.8 Å². The fourth-order valence-electron chi connectivity index (χ4n) is 3.75. The third-order valence-corrected chi connectivity index (χ3v) is 5.46. The van der Waals surface area contributed by atoms with Gasteiger partial charge in [0.1, 0.15) is 5.82 Å². The van der Waals surface area contributed by atoms with Gasteiger partial charge < -0.3 is 0 Å². The van der Waals surface area contributed by atoms with Crippen molar-refractivity contribution < 1.29 is 0 Å². The maximum Gasteiger partial charge on any atom is 0.180 e. The van der Waals surface area contributed by atoms with E-state index in [9.17, 15) is 0 Å². The lowest BCUT2D eigenvalue weighted by Crippen LogP contribution is -2.05. The highest BCUT2D eigenvalue weighted by molar-refractivity contribution is 5.80. The van der Waals surface area contributed by atoms with E-state index in [4.69, 9.17) is 10.1 Å². The number of hydrogen-bond donors (Lipinski definition) is 1. The van der Waals surface area contributed by atoms with Gasteiger partial charge >= 0.3 is 0 Å². The van der Waals surface area contributed by atoms with Crippen molar-refractivity contribution in [2.45, 2.75) is 52.5 Å². The smallest absolute Gasteiger partial charge is 0.180 e. The van der Waals surface area contributed by atoms with Crippen LogP contribution < -0.4 is 0 Å². The molecular weight excluding hydrogens is 398 g/mol. The first-order valence-electron chi connectivity index (χ1n) is 11.2. The maximum absolute atomic E-state index is 4.85. The number of benzene rings is 2. The van der Waals surface area contributed by atoms with Gasteiger partial charge in [-0.3, -0.25) is 0 Å². The molecule has 0 atom stereocenters. The highest BCUT2D eigenvalue weighted by Crippen LogP contribution is 2.30. The molecule has 7 heteroatoms. The van der Waals surface area contributed by atoms with Crippen LogP contribution in [0.15, 0.2) is 60.7 Å². The van der Waals surface area contributed by atoms with Crippen LogP contribution in [-0.2, 0) is 19.4 Å². The van der Waals surface area contributed by atoms with E-state index in [0.717, 1.165) is 54.1 Å². The van der Waals surface area contributed by atoms with E-state index in [-0.39, 0.29) is 0 Å². The van der Waals surface area contributed by atoms with Crippen LogP contribution in [0.1, 0.15) is 50.3 Å². The number of unbranched alkanes of at least 4 members (excludes halogenated alkanes) is 2. The van der Waals surface area contributed by atoms with Gasteiger partial charge in [0.25, 0.3) is 0 Å². The van der Waals surface area contributed by atoms with Gasteiger partial charge in [-0.25, -0.2) is 14.8 Å². The zero-order chi connectivity index (χ0) is 22.2. The van der Waals surface area contributed by atoms with E-state index < -0.39 is 0 Å². The Morgan fingerprint density at radius 3 is 2.53 bits per heavy atom. The standard InChI is InChI=1S/C25H29N7/c1-3-5-7-12-23-26-24(32(29-23)17-6-4-2)18-19-13-15-20(16-14-19)21-10-8-9-11-22(21)25-27-30-31-28-25/h4,6,8-11,13-16H,3,5,7,12,17-18H2,1-2H3,(H,27,28,30,31)/b6-4+. The van der Waals surface area contributed by atoms with Crippen molar-refractivity contribution in [2.24, 2.45) is 0 Å². The van der Waals surface area contributed by atoms with Gasteiger partial charge in [0.15, 0.2) is 11.6 Å². The number of aromatic nitrogens is 7. The molecule has 0 spiro atoms. The molecule has 32 heavy (non-hydrogen) atoms. The Hall–Kier alpha value is -3.61. The van der Waals surface area contributed by atoms with Crippen LogP contribution in [0.2, 0.25) is 0 Å². The van der Waals surface area contributed by atoms with Crippen LogP contribution in [0.4, 0.5) is 0 Å². The van der Waals surface area contributed by atoms with Crippen molar-refractivity contribution in [3.8, 4) is 22.5 Å². The van der Waals surface area contributed by atoms with Crippen molar-refractivity contribution in [1.82, 2.24) is 35.4 Å². The zero-order valence-electron chi connectivity index (χ0n) is 18.7. The molecule has 164 valence electrons. The molecule has 0 amide bonds. The second-order valence-electron chi connectivity index (χ2n) is 7.82. The quantitative estimate of drug-likeness (QED) is 0.284. The monoisotopic (exact) mass is 427 g/mol. The first-order valence-corrected chi connectivity index (χ1v) is 11.2. The lowest BCUT2D eigenvalue weighted by Gasteiger charge is -2.08. The van der Waals surface area contributed by atoms with Gasteiger partial charge in [-0.1, -0.05) is 80.4 Å². The number of hydrogen-bond acceptors (Lipinski definition) is 5. The predicted molar refractivity (Wildman–Crippen MR) is 126 cm³/mol. The molecule has 0 bridgehead atoms. The van der Waals surface area contributed by atoms with Crippen molar-refractivity contribution in [3.63, 3.8) is 0 Å². The SMILES string of the molecule is C/C=C/Cn1nc(CCCCC)nc1Cc1ccc(-c2ccccc2-c2nnn[nH]2)cc1. The van der Waals surface area contributed by atoms with Gasteiger partial charge in [0.05, 0.1) is 6.54 Å². The van der Waals surface area contributed by atoms with Crippen LogP contribution >= 0.6 is 0 Å². The number of aromatic amines is 1. The topological polar surface area (TPSA) is 85.2 Å². The molecule has 2 aromatic heterocycles. The summed E-state index contributed by atoms with van der Waals surface area (Å²) in [5.41, 5.74) is 4.40. The summed E-state index contributed by atoms with van der Waals surface area (Å²) in [5.74, 6) is 2.62. The number of aryl methyl sites for hydroxylation is 1. The molecule has 0 unspecified atom stereocenters. The molecule has 4 aromatic rings. The highest BCUT2D eigenvalue weighted by Gasteiger charge is 2.12. The van der Waals surface area contributed by atoms with Crippen molar-refractivity contribution in [3.05, 3.63) is 77.9 Å². The summed E-state index contributed by atoms with van der Waals surface area (Å²) in [4.78, 5) is 4.85. The minimum Gasteiger partial charge on any atom is -0.246 e. The highest BCUT2D eigenvalue weighted by atomic mass is 15.5.